The van der Waals surface area contributed by atoms with E-state index in [1.54, 1.807) is 0 Å². The monoisotopic (exact) mass is 554 g/mol. The van der Waals surface area contributed by atoms with Gasteiger partial charge >= 0.3 is 0 Å². The Bertz CT molecular complexity index is 2330. The summed E-state index contributed by atoms with van der Waals surface area (Å²) in [5.41, 5.74) is 10.8. The van der Waals surface area contributed by atoms with Crippen molar-refractivity contribution < 1.29 is 4.42 Å². The van der Waals surface area contributed by atoms with Gasteiger partial charge in [0.05, 0.1) is 39.5 Å². The Balaban J connectivity index is 1.48. The van der Waals surface area contributed by atoms with Crippen LogP contribution in [0.1, 0.15) is 18.1 Å². The molecule has 3 aromatic carbocycles. The Morgan fingerprint density at radius 3 is 2.12 bits per heavy atom. The molecule has 0 aliphatic heterocycles. The molecule has 1 unspecified atom stereocenters. The van der Waals surface area contributed by atoms with Crippen LogP contribution in [-0.2, 0) is 6.42 Å². The van der Waals surface area contributed by atoms with E-state index in [1.807, 2.05) is 54.9 Å². The maximum Gasteiger partial charge on any atom is 0.160 e. The number of furan rings is 1. The first kappa shape index (κ1) is 24.1. The number of rotatable bonds is 3. The van der Waals surface area contributed by atoms with Crippen LogP contribution in [0.2, 0.25) is 0 Å². The molecule has 0 amide bonds. The Hall–Kier alpha value is -5.55. The molecule has 5 aromatic heterocycles. The zero-order valence-corrected chi connectivity index (χ0v) is 23.5. The van der Waals surface area contributed by atoms with Crippen molar-refractivity contribution in [3.63, 3.8) is 0 Å². The molecule has 1 atom stereocenters. The number of aromatic nitrogens is 4. The molecule has 5 nitrogen and oxygen atoms in total. The highest BCUT2D eigenvalue weighted by molar-refractivity contribution is 6.25. The van der Waals surface area contributed by atoms with Gasteiger partial charge in [0.15, 0.2) is 5.58 Å². The molecule has 0 saturated heterocycles. The van der Waals surface area contributed by atoms with Crippen LogP contribution in [0.15, 0.2) is 120 Å². The second-order valence-corrected chi connectivity index (χ2v) is 11.3. The molecule has 1 aliphatic rings. The number of benzene rings is 3. The SMILES string of the molecule is CC1C=Cc2c(c3c4ccccc4oc3c3c2c2ccccc2n3-c2cc(-c3ccccn3)nc(-c3ccccn3)c2)C1. The molecule has 0 N–H and O–H groups in total. The Morgan fingerprint density at radius 2 is 1.40 bits per heavy atom. The number of para-hydroxylation sites is 2. The van der Waals surface area contributed by atoms with Crippen LogP contribution in [0.3, 0.4) is 0 Å². The van der Waals surface area contributed by atoms with Crippen molar-refractivity contribution in [3.8, 4) is 28.5 Å². The third-order valence-corrected chi connectivity index (χ3v) is 8.62. The van der Waals surface area contributed by atoms with Crippen LogP contribution in [0.25, 0.3) is 78.3 Å². The predicted octanol–water partition coefficient (Wildman–Crippen LogP) is 9.41. The number of hydrogen-bond donors (Lipinski definition) is 0. The number of nitrogens with zero attached hydrogens (tertiary/aromatic N) is 4. The van der Waals surface area contributed by atoms with Crippen LogP contribution in [-0.4, -0.2) is 19.5 Å². The average Bonchev–Trinajstić information content (AvgIpc) is 3.62. The van der Waals surface area contributed by atoms with E-state index in [-0.39, 0.29) is 0 Å². The Kier molecular flexibility index (Phi) is 5.17. The fourth-order valence-corrected chi connectivity index (χ4v) is 6.78. The molecule has 9 rings (SSSR count). The topological polar surface area (TPSA) is 56.7 Å². The number of pyridine rings is 3. The molecule has 0 fully saturated rings. The van der Waals surface area contributed by atoms with Crippen molar-refractivity contribution in [3.05, 3.63) is 127 Å². The lowest BCUT2D eigenvalue weighted by Gasteiger charge is -2.19. The summed E-state index contributed by atoms with van der Waals surface area (Å²) in [5.74, 6) is 0.456. The van der Waals surface area contributed by atoms with Gasteiger partial charge in [0.1, 0.15) is 5.58 Å². The first-order chi connectivity index (χ1) is 21.2. The van der Waals surface area contributed by atoms with Gasteiger partial charge in [0.25, 0.3) is 0 Å². The van der Waals surface area contributed by atoms with E-state index in [4.69, 9.17) is 9.40 Å². The zero-order chi connectivity index (χ0) is 28.5. The van der Waals surface area contributed by atoms with E-state index in [1.165, 1.54) is 27.3 Å². The summed E-state index contributed by atoms with van der Waals surface area (Å²) >= 11 is 0. The summed E-state index contributed by atoms with van der Waals surface area (Å²) in [7, 11) is 0. The molecule has 0 saturated carbocycles. The van der Waals surface area contributed by atoms with Gasteiger partial charge in [-0.1, -0.05) is 67.6 Å². The lowest BCUT2D eigenvalue weighted by molar-refractivity contribution is 0.669. The van der Waals surface area contributed by atoms with Crippen molar-refractivity contribution >= 4 is 49.8 Å². The molecule has 0 bridgehead atoms. The van der Waals surface area contributed by atoms with Gasteiger partial charge in [-0.25, -0.2) is 4.98 Å². The molecule has 5 heteroatoms. The fraction of sp³-hybridized carbons (Fsp3) is 0.0789. The number of fused-ring (bicyclic) bond motifs is 10. The smallest absolute Gasteiger partial charge is 0.160 e. The Morgan fingerprint density at radius 1 is 0.721 bits per heavy atom. The number of allylic oxidation sites excluding steroid dienone is 1. The molecule has 1 aliphatic carbocycles. The third kappa shape index (κ3) is 3.61. The highest BCUT2D eigenvalue weighted by Crippen LogP contribution is 2.47. The van der Waals surface area contributed by atoms with Crippen LogP contribution < -0.4 is 0 Å². The van der Waals surface area contributed by atoms with Gasteiger partial charge in [0, 0.05) is 33.9 Å². The minimum atomic E-state index is 0.456. The van der Waals surface area contributed by atoms with E-state index in [2.05, 4.69) is 88.2 Å². The molecular formula is C38H26N4O. The van der Waals surface area contributed by atoms with Crippen LogP contribution in [0.5, 0.6) is 0 Å². The van der Waals surface area contributed by atoms with E-state index in [0.717, 1.165) is 62.5 Å². The normalized spacial score (nSPS) is 14.7. The second-order valence-electron chi connectivity index (χ2n) is 11.3. The van der Waals surface area contributed by atoms with Crippen molar-refractivity contribution in [1.82, 2.24) is 19.5 Å². The van der Waals surface area contributed by atoms with E-state index in [9.17, 15) is 0 Å². The first-order valence-electron chi connectivity index (χ1n) is 14.7. The molecule has 43 heavy (non-hydrogen) atoms. The van der Waals surface area contributed by atoms with Crippen molar-refractivity contribution in [1.29, 1.82) is 0 Å². The summed E-state index contributed by atoms with van der Waals surface area (Å²) in [6.45, 7) is 2.29. The van der Waals surface area contributed by atoms with Gasteiger partial charge in [-0.15, -0.1) is 0 Å². The number of hydrogen-bond acceptors (Lipinski definition) is 4. The van der Waals surface area contributed by atoms with Gasteiger partial charge in [0.2, 0.25) is 0 Å². The van der Waals surface area contributed by atoms with E-state index in [0.29, 0.717) is 5.92 Å². The predicted molar refractivity (Wildman–Crippen MR) is 174 cm³/mol. The first-order valence-corrected chi connectivity index (χ1v) is 14.7. The van der Waals surface area contributed by atoms with Crippen LogP contribution >= 0.6 is 0 Å². The maximum absolute atomic E-state index is 6.80. The fourth-order valence-electron chi connectivity index (χ4n) is 6.78. The summed E-state index contributed by atoms with van der Waals surface area (Å²) in [6, 6.07) is 33.2. The summed E-state index contributed by atoms with van der Waals surface area (Å²) in [5, 5.41) is 4.79. The third-order valence-electron chi connectivity index (χ3n) is 8.62. The lowest BCUT2D eigenvalue weighted by Crippen LogP contribution is -2.05. The summed E-state index contributed by atoms with van der Waals surface area (Å²) in [4.78, 5) is 14.4. The standard InChI is InChI=1S/C38H26N4O/c1-23-16-17-25-28(20-23)36-27-11-3-5-15-34(27)43-38(36)37-35(25)26-10-2-4-14-33(26)42(37)24-21-31(29-12-6-8-18-39-29)41-32(22-24)30-13-7-9-19-40-30/h2-19,21-23H,20H2,1H3. The van der Waals surface area contributed by atoms with Crippen molar-refractivity contribution in [2.75, 3.05) is 0 Å². The van der Waals surface area contributed by atoms with Gasteiger partial charge in [-0.3, -0.25) is 9.97 Å². The summed E-state index contributed by atoms with van der Waals surface area (Å²) in [6.07, 6.45) is 9.26. The van der Waals surface area contributed by atoms with Crippen LogP contribution in [0, 0.1) is 5.92 Å². The van der Waals surface area contributed by atoms with Crippen LogP contribution in [0.4, 0.5) is 0 Å². The second kappa shape index (κ2) is 9.23. The average molecular weight is 555 g/mol. The zero-order valence-electron chi connectivity index (χ0n) is 23.5. The van der Waals surface area contributed by atoms with Gasteiger partial charge < -0.3 is 8.98 Å². The largest absolute Gasteiger partial charge is 0.454 e. The molecule has 5 heterocycles. The van der Waals surface area contributed by atoms with E-state index < -0.39 is 0 Å². The minimum absolute atomic E-state index is 0.456. The molecule has 0 radical (unpaired) electrons. The van der Waals surface area contributed by atoms with Gasteiger partial charge in [-0.05, 0) is 72.0 Å². The molecule has 204 valence electrons. The minimum Gasteiger partial charge on any atom is -0.454 e. The molecular weight excluding hydrogens is 528 g/mol. The van der Waals surface area contributed by atoms with Crippen molar-refractivity contribution in [2.45, 2.75) is 13.3 Å². The molecule has 8 aromatic rings. The highest BCUT2D eigenvalue weighted by atomic mass is 16.3. The van der Waals surface area contributed by atoms with Gasteiger partial charge in [-0.2, -0.15) is 0 Å². The van der Waals surface area contributed by atoms with E-state index >= 15 is 0 Å². The highest BCUT2D eigenvalue weighted by Gasteiger charge is 2.27. The maximum atomic E-state index is 6.80. The van der Waals surface area contributed by atoms with Crippen molar-refractivity contribution in [2.24, 2.45) is 5.92 Å². The molecule has 0 spiro atoms. The lowest BCUT2D eigenvalue weighted by atomic mass is 9.85. The quantitative estimate of drug-likeness (QED) is 0.218. The Labute approximate surface area is 247 Å². The summed E-state index contributed by atoms with van der Waals surface area (Å²) < 4.78 is 9.15.